The molecule has 3 nitrogen and oxygen atoms in total. The number of hydrogen-bond donors (Lipinski definition) is 1. The molecule has 4 fully saturated rings. The lowest BCUT2D eigenvalue weighted by molar-refractivity contribution is -0.141. The molecule has 8 atom stereocenters. The predicted octanol–water partition coefficient (Wildman–Crippen LogP) is 7.24. The maximum absolute atomic E-state index is 12.1. The first-order chi connectivity index (χ1) is 15.9. The third kappa shape index (κ3) is 5.04. The fraction of sp³-hybridized carbons (Fsp3) is 0.767. The average Bonchev–Trinajstić information content (AvgIpc) is 2.96. The van der Waals surface area contributed by atoms with Gasteiger partial charge in [0.25, 0.3) is 0 Å². The molecule has 0 aromatic rings. The van der Waals surface area contributed by atoms with E-state index in [1.54, 1.807) is 0 Å². The number of carbonyl (C=O) groups is 1. The third-order valence-electron chi connectivity index (χ3n) is 9.48. The van der Waals surface area contributed by atoms with Gasteiger partial charge < -0.3 is 10.1 Å². The Hall–Kier alpha value is -1.35. The van der Waals surface area contributed by atoms with Crippen LogP contribution < -0.4 is 5.32 Å². The van der Waals surface area contributed by atoms with Crippen LogP contribution in [0.2, 0.25) is 0 Å². The summed E-state index contributed by atoms with van der Waals surface area (Å²) in [5.41, 5.74) is 0.696. The van der Waals surface area contributed by atoms with Gasteiger partial charge in [0.2, 0.25) is 5.91 Å². The largest absolute Gasteiger partial charge is 0.367 e. The van der Waals surface area contributed by atoms with Crippen LogP contribution in [0.3, 0.4) is 0 Å². The van der Waals surface area contributed by atoms with Gasteiger partial charge in [-0.1, -0.05) is 84.9 Å². The van der Waals surface area contributed by atoms with E-state index in [4.69, 9.17) is 4.74 Å². The van der Waals surface area contributed by atoms with Crippen molar-refractivity contribution in [3.05, 3.63) is 36.5 Å². The minimum Gasteiger partial charge on any atom is -0.367 e. The number of rotatable bonds is 2. The average molecular weight is 456 g/mol. The number of allylic oxidation sites excluding steroid dienone is 4. The Morgan fingerprint density at radius 2 is 1.61 bits per heavy atom. The minimum atomic E-state index is 0.105. The van der Waals surface area contributed by atoms with Crippen LogP contribution in [0.4, 0.5) is 0 Å². The topological polar surface area (TPSA) is 38.3 Å². The highest BCUT2D eigenvalue weighted by molar-refractivity contribution is 5.77. The summed E-state index contributed by atoms with van der Waals surface area (Å²) in [6.07, 6.45) is 21.2. The Labute approximate surface area is 203 Å². The first-order valence-corrected chi connectivity index (χ1v) is 13.9. The highest BCUT2D eigenvalue weighted by Crippen LogP contribution is 2.65. The van der Waals surface area contributed by atoms with E-state index in [0.717, 1.165) is 30.6 Å². The summed E-state index contributed by atoms with van der Waals surface area (Å²) in [6, 6.07) is 0.381. The van der Waals surface area contributed by atoms with E-state index in [1.165, 1.54) is 25.7 Å². The number of amides is 1. The summed E-state index contributed by atoms with van der Waals surface area (Å²) >= 11 is 0. The zero-order valence-corrected chi connectivity index (χ0v) is 22.3. The van der Waals surface area contributed by atoms with Crippen LogP contribution >= 0.6 is 0 Å². The number of nitrogens with one attached hydrogen (secondary N) is 1. The molecule has 5 aliphatic rings. The summed E-state index contributed by atoms with van der Waals surface area (Å²) in [4.78, 5) is 12.1. The van der Waals surface area contributed by atoms with Gasteiger partial charge in [0.1, 0.15) is 0 Å². The van der Waals surface area contributed by atoms with E-state index in [1.807, 2.05) is 27.7 Å². The summed E-state index contributed by atoms with van der Waals surface area (Å²) < 4.78 is 6.58. The Balaban J connectivity index is 0.000000728. The van der Waals surface area contributed by atoms with E-state index >= 15 is 0 Å². The molecule has 0 aromatic carbocycles. The van der Waals surface area contributed by atoms with Crippen LogP contribution in [-0.2, 0) is 9.53 Å². The summed E-state index contributed by atoms with van der Waals surface area (Å²) in [7, 11) is 0. The van der Waals surface area contributed by atoms with Gasteiger partial charge in [-0.15, -0.1) is 0 Å². The van der Waals surface area contributed by atoms with Crippen molar-refractivity contribution in [3.8, 4) is 0 Å². The van der Waals surface area contributed by atoms with Gasteiger partial charge in [-0.25, -0.2) is 0 Å². The number of hydrogen-bond acceptors (Lipinski definition) is 2. The molecule has 0 aromatic heterocycles. The van der Waals surface area contributed by atoms with Gasteiger partial charge in [0.15, 0.2) is 0 Å². The fourth-order valence-corrected chi connectivity index (χ4v) is 8.00. The van der Waals surface area contributed by atoms with Crippen LogP contribution in [0.5, 0.6) is 0 Å². The number of fused-ring (bicyclic) bond motifs is 5. The molecule has 5 unspecified atom stereocenters. The van der Waals surface area contributed by atoms with Crippen molar-refractivity contribution in [2.45, 2.75) is 112 Å². The van der Waals surface area contributed by atoms with Gasteiger partial charge in [0, 0.05) is 12.5 Å². The molecule has 1 saturated heterocycles. The van der Waals surface area contributed by atoms with Crippen molar-refractivity contribution in [2.24, 2.45) is 34.5 Å². The van der Waals surface area contributed by atoms with E-state index in [-0.39, 0.29) is 17.4 Å². The summed E-state index contributed by atoms with van der Waals surface area (Å²) in [5.74, 6) is 3.23. The lowest BCUT2D eigenvalue weighted by atomic mass is 9.45. The molecule has 186 valence electrons. The van der Waals surface area contributed by atoms with E-state index in [9.17, 15) is 4.79 Å². The van der Waals surface area contributed by atoms with Crippen LogP contribution in [-0.4, -0.2) is 24.2 Å². The Kier molecular flexibility index (Phi) is 8.70. The SMILES string of the molecule is CC.CC.CC1CC2NC(=O)CC[C@]2(C)C2CC[C@]3(C)C[C@@H](OC4C=CC=CC=C4)CC3C12. The summed E-state index contributed by atoms with van der Waals surface area (Å²) in [6.45, 7) is 15.5. The highest BCUT2D eigenvalue weighted by Gasteiger charge is 2.61. The van der Waals surface area contributed by atoms with Crippen LogP contribution in [0, 0.1) is 34.5 Å². The number of piperidine rings is 1. The van der Waals surface area contributed by atoms with Crippen molar-refractivity contribution >= 4 is 5.91 Å². The van der Waals surface area contributed by atoms with Gasteiger partial charge in [0.05, 0.1) is 12.2 Å². The standard InChI is InChI=1S/C26H37NO2.2C2H6/c1-17-14-22-26(3,13-11-23(28)27-22)20-10-12-25(2)16-19(15-21(25)24(17)20)29-18-8-6-4-5-7-9-18;2*1-2/h4-9,17-22,24H,10-16H2,1-3H3,(H,27,28);2*1-2H3/t17?,19-,20?,21?,22?,24?,25+,26+;;/m0../s1. The molecule has 3 saturated carbocycles. The van der Waals surface area contributed by atoms with Crippen molar-refractivity contribution < 1.29 is 9.53 Å². The smallest absolute Gasteiger partial charge is 0.220 e. The molecule has 5 rings (SSSR count). The Morgan fingerprint density at radius 1 is 0.939 bits per heavy atom. The lowest BCUT2D eigenvalue weighted by Gasteiger charge is -2.61. The molecule has 0 bridgehead atoms. The second kappa shape index (κ2) is 10.9. The zero-order chi connectivity index (χ0) is 24.2. The molecule has 3 heteroatoms. The molecule has 0 radical (unpaired) electrons. The molecule has 1 heterocycles. The van der Waals surface area contributed by atoms with E-state index < -0.39 is 0 Å². The number of carbonyl (C=O) groups excluding carboxylic acids is 1. The lowest BCUT2D eigenvalue weighted by Crippen LogP contribution is -2.62. The fourth-order valence-electron chi connectivity index (χ4n) is 8.00. The molecule has 4 aliphatic carbocycles. The zero-order valence-electron chi connectivity index (χ0n) is 22.3. The summed E-state index contributed by atoms with van der Waals surface area (Å²) in [5, 5.41) is 3.38. The van der Waals surface area contributed by atoms with Gasteiger partial charge in [-0.05, 0) is 73.0 Å². The monoisotopic (exact) mass is 455 g/mol. The number of ether oxygens (including phenoxy) is 1. The van der Waals surface area contributed by atoms with Crippen LogP contribution in [0.25, 0.3) is 0 Å². The Bertz CT molecular complexity index is 738. The second-order valence-electron chi connectivity index (χ2n) is 11.1. The van der Waals surface area contributed by atoms with Crippen LogP contribution in [0.1, 0.15) is 93.4 Å². The molecular formula is C30H49NO2. The molecule has 1 amide bonds. The van der Waals surface area contributed by atoms with Crippen LogP contribution in [0.15, 0.2) is 36.5 Å². The molecule has 1 N–H and O–H groups in total. The Morgan fingerprint density at radius 3 is 2.27 bits per heavy atom. The van der Waals surface area contributed by atoms with Gasteiger partial charge >= 0.3 is 0 Å². The minimum absolute atomic E-state index is 0.105. The first-order valence-electron chi connectivity index (χ1n) is 13.9. The molecule has 33 heavy (non-hydrogen) atoms. The van der Waals surface area contributed by atoms with E-state index in [0.29, 0.717) is 29.9 Å². The quantitative estimate of drug-likeness (QED) is 0.476. The molecule has 1 aliphatic heterocycles. The van der Waals surface area contributed by atoms with Crippen molar-refractivity contribution in [1.29, 1.82) is 0 Å². The van der Waals surface area contributed by atoms with Crippen molar-refractivity contribution in [2.75, 3.05) is 0 Å². The predicted molar refractivity (Wildman–Crippen MR) is 139 cm³/mol. The molecular weight excluding hydrogens is 406 g/mol. The first kappa shape index (κ1) is 26.3. The second-order valence-corrected chi connectivity index (χ2v) is 11.1. The van der Waals surface area contributed by atoms with Crippen molar-refractivity contribution in [3.63, 3.8) is 0 Å². The maximum Gasteiger partial charge on any atom is 0.220 e. The third-order valence-corrected chi connectivity index (χ3v) is 9.48. The normalized spacial score (nSPS) is 43.5. The van der Waals surface area contributed by atoms with Crippen molar-refractivity contribution in [1.82, 2.24) is 5.32 Å². The van der Waals surface area contributed by atoms with E-state index in [2.05, 4.69) is 62.5 Å². The van der Waals surface area contributed by atoms with Gasteiger partial charge in [-0.3, -0.25) is 4.79 Å². The maximum atomic E-state index is 12.1. The highest BCUT2D eigenvalue weighted by atomic mass is 16.5. The molecule has 0 spiro atoms. The van der Waals surface area contributed by atoms with Gasteiger partial charge in [-0.2, -0.15) is 0 Å².